The van der Waals surface area contributed by atoms with E-state index in [0.717, 1.165) is 58.0 Å². The smallest absolute Gasteiger partial charge is 0.229 e. The molecule has 0 bridgehead atoms. The van der Waals surface area contributed by atoms with Crippen molar-refractivity contribution >= 4 is 15.7 Å². The van der Waals surface area contributed by atoms with Crippen LogP contribution in [0.5, 0.6) is 5.75 Å². The first kappa shape index (κ1) is 27.2. The first-order valence-corrected chi connectivity index (χ1v) is 15.0. The second kappa shape index (κ2) is 13.6. The van der Waals surface area contributed by atoms with Gasteiger partial charge in [-0.3, -0.25) is 4.72 Å². The number of piperidine rings is 1. The van der Waals surface area contributed by atoms with Crippen molar-refractivity contribution in [1.82, 2.24) is 4.90 Å². The maximum Gasteiger partial charge on any atom is 0.229 e. The number of nitrogens with one attached hydrogen (secondary N) is 1. The van der Waals surface area contributed by atoms with Crippen molar-refractivity contribution in [2.75, 3.05) is 37.2 Å². The molecule has 1 aliphatic rings. The molecule has 37 heavy (non-hydrogen) atoms. The molecule has 1 fully saturated rings. The molecule has 1 aliphatic heterocycles. The highest BCUT2D eigenvalue weighted by Gasteiger charge is 2.24. The second-order valence-corrected chi connectivity index (χ2v) is 11.4. The Morgan fingerprint density at radius 2 is 1.43 bits per heavy atom. The lowest BCUT2D eigenvalue weighted by Gasteiger charge is -2.34. The molecule has 6 nitrogen and oxygen atoms in total. The zero-order valence-electron chi connectivity index (χ0n) is 21.6. The summed E-state index contributed by atoms with van der Waals surface area (Å²) >= 11 is 0. The summed E-state index contributed by atoms with van der Waals surface area (Å²) in [6.07, 6.45) is 6.59. The van der Waals surface area contributed by atoms with E-state index < -0.39 is 10.0 Å². The number of anilines is 1. The van der Waals surface area contributed by atoms with Crippen molar-refractivity contribution in [2.24, 2.45) is 0 Å². The molecule has 0 spiro atoms. The number of benzene rings is 3. The minimum Gasteiger partial charge on any atom is -0.491 e. The first-order chi connectivity index (χ1) is 18.0. The molecule has 1 heterocycles. The van der Waals surface area contributed by atoms with Gasteiger partial charge in [-0.15, -0.1) is 0 Å². The number of nitrogens with zero attached hydrogens (tertiary/aromatic N) is 1. The van der Waals surface area contributed by atoms with E-state index in [1.807, 2.05) is 18.2 Å². The molecule has 0 saturated carbocycles. The maximum atomic E-state index is 11.5. The molecule has 3 aromatic rings. The Balaban J connectivity index is 1.16. The van der Waals surface area contributed by atoms with Crippen molar-refractivity contribution in [3.05, 3.63) is 96.1 Å². The van der Waals surface area contributed by atoms with Crippen molar-refractivity contribution in [2.45, 2.75) is 44.3 Å². The normalized spacial score (nSPS) is 15.1. The Morgan fingerprint density at radius 1 is 0.838 bits per heavy atom. The zero-order valence-corrected chi connectivity index (χ0v) is 22.4. The van der Waals surface area contributed by atoms with Crippen LogP contribution < -0.4 is 9.46 Å². The highest BCUT2D eigenvalue weighted by molar-refractivity contribution is 7.92. The summed E-state index contributed by atoms with van der Waals surface area (Å²) in [6.45, 7) is 3.77. The van der Waals surface area contributed by atoms with Gasteiger partial charge in [0.1, 0.15) is 11.9 Å². The van der Waals surface area contributed by atoms with Gasteiger partial charge in [0.2, 0.25) is 10.0 Å². The van der Waals surface area contributed by atoms with E-state index in [9.17, 15) is 8.42 Å². The molecule has 1 N–H and O–H groups in total. The molecule has 0 aromatic heterocycles. The molecule has 198 valence electrons. The summed E-state index contributed by atoms with van der Waals surface area (Å²) in [5.41, 5.74) is 2.89. The van der Waals surface area contributed by atoms with E-state index in [1.54, 1.807) is 18.2 Å². The Labute approximate surface area is 221 Å². The molecule has 0 amide bonds. The van der Waals surface area contributed by atoms with Crippen LogP contribution in [0.3, 0.4) is 0 Å². The van der Waals surface area contributed by atoms with Gasteiger partial charge in [-0.25, -0.2) is 8.42 Å². The van der Waals surface area contributed by atoms with Gasteiger partial charge >= 0.3 is 0 Å². The number of hydrogen-bond donors (Lipinski definition) is 1. The van der Waals surface area contributed by atoms with Crippen molar-refractivity contribution in [3.63, 3.8) is 0 Å². The maximum absolute atomic E-state index is 11.5. The molecule has 4 rings (SSSR count). The van der Waals surface area contributed by atoms with Crippen LogP contribution in [0, 0.1) is 0 Å². The fourth-order valence-electron chi connectivity index (χ4n) is 4.74. The molecule has 0 aliphatic carbocycles. The van der Waals surface area contributed by atoms with Crippen LogP contribution in [-0.4, -0.2) is 51.9 Å². The molecule has 7 heteroatoms. The summed E-state index contributed by atoms with van der Waals surface area (Å²) in [6, 6.07) is 28.1. The molecule has 0 atom stereocenters. The summed E-state index contributed by atoms with van der Waals surface area (Å²) in [4.78, 5) is 2.53. The van der Waals surface area contributed by atoms with Gasteiger partial charge in [-0.2, -0.15) is 0 Å². The lowest BCUT2D eigenvalue weighted by atomic mass is 10.00. The van der Waals surface area contributed by atoms with E-state index in [-0.39, 0.29) is 12.2 Å². The van der Waals surface area contributed by atoms with Gasteiger partial charge in [0.15, 0.2) is 0 Å². The zero-order chi connectivity index (χ0) is 25.9. The highest BCUT2D eigenvalue weighted by atomic mass is 32.2. The van der Waals surface area contributed by atoms with Gasteiger partial charge in [0.25, 0.3) is 0 Å². The Morgan fingerprint density at radius 3 is 2.05 bits per heavy atom. The average Bonchev–Trinajstić information content (AvgIpc) is 2.91. The quantitative estimate of drug-likeness (QED) is 0.284. The SMILES string of the molecule is CS(=O)(=O)Nc1ccccc1OCCCCCN1CCC(OC(c2ccccc2)c2ccccc2)CC1. The third kappa shape index (κ3) is 8.88. The number of likely N-dealkylation sites (tertiary alicyclic amines) is 1. The van der Waals surface area contributed by atoms with E-state index in [0.29, 0.717) is 18.0 Å². The van der Waals surface area contributed by atoms with E-state index >= 15 is 0 Å². The minimum absolute atomic E-state index is 0.0308. The van der Waals surface area contributed by atoms with E-state index in [2.05, 4.69) is 58.2 Å². The monoisotopic (exact) mass is 522 g/mol. The van der Waals surface area contributed by atoms with Crippen LogP contribution >= 0.6 is 0 Å². The minimum atomic E-state index is -3.34. The van der Waals surface area contributed by atoms with Crippen LogP contribution in [0.1, 0.15) is 49.3 Å². The number of sulfonamides is 1. The Bertz CT molecular complexity index is 1140. The number of rotatable bonds is 13. The highest BCUT2D eigenvalue weighted by Crippen LogP contribution is 2.30. The summed E-state index contributed by atoms with van der Waals surface area (Å²) in [7, 11) is -3.34. The number of unbranched alkanes of at least 4 members (excludes halogenated alkanes) is 2. The van der Waals surface area contributed by atoms with Crippen molar-refractivity contribution < 1.29 is 17.9 Å². The molecular formula is C30H38N2O4S. The number of para-hydroxylation sites is 2. The fraction of sp³-hybridized carbons (Fsp3) is 0.400. The van der Waals surface area contributed by atoms with Crippen LogP contribution in [-0.2, 0) is 14.8 Å². The fourth-order valence-corrected chi connectivity index (χ4v) is 5.31. The standard InChI is InChI=1S/C30H38N2O4S/c1-37(33,34)31-28-17-9-10-18-29(28)35-24-12-4-11-21-32-22-19-27(20-23-32)36-30(25-13-5-2-6-14-25)26-15-7-3-8-16-26/h2-3,5-10,13-18,27,30-31H,4,11-12,19-24H2,1H3. The van der Waals surface area contributed by atoms with Gasteiger partial charge in [0.05, 0.1) is 24.7 Å². The van der Waals surface area contributed by atoms with Crippen LogP contribution in [0.25, 0.3) is 0 Å². The second-order valence-electron chi connectivity index (χ2n) is 9.66. The Kier molecular flexibility index (Phi) is 9.99. The first-order valence-electron chi connectivity index (χ1n) is 13.2. The summed E-state index contributed by atoms with van der Waals surface area (Å²) < 4.78 is 38.1. The van der Waals surface area contributed by atoms with Crippen molar-refractivity contribution in [1.29, 1.82) is 0 Å². The third-order valence-electron chi connectivity index (χ3n) is 6.63. The van der Waals surface area contributed by atoms with Crippen LogP contribution in [0.15, 0.2) is 84.9 Å². The largest absolute Gasteiger partial charge is 0.491 e. The van der Waals surface area contributed by atoms with Crippen LogP contribution in [0.4, 0.5) is 5.69 Å². The van der Waals surface area contributed by atoms with Gasteiger partial charge in [0, 0.05) is 13.1 Å². The molecule has 0 radical (unpaired) electrons. The van der Waals surface area contributed by atoms with Gasteiger partial charge in [-0.05, 0) is 61.9 Å². The predicted molar refractivity (Wildman–Crippen MR) is 150 cm³/mol. The lowest BCUT2D eigenvalue weighted by molar-refractivity contribution is -0.0271. The number of hydrogen-bond acceptors (Lipinski definition) is 5. The molecule has 1 saturated heterocycles. The summed E-state index contributed by atoms with van der Waals surface area (Å²) in [5.74, 6) is 0.569. The topological polar surface area (TPSA) is 67.9 Å². The number of ether oxygens (including phenoxy) is 2. The van der Waals surface area contributed by atoms with E-state index in [4.69, 9.17) is 9.47 Å². The van der Waals surface area contributed by atoms with Crippen LogP contribution in [0.2, 0.25) is 0 Å². The van der Waals surface area contributed by atoms with Crippen molar-refractivity contribution in [3.8, 4) is 5.75 Å². The Hall–Kier alpha value is -2.87. The summed E-state index contributed by atoms with van der Waals surface area (Å²) in [5, 5.41) is 0. The van der Waals surface area contributed by atoms with Gasteiger partial charge in [-0.1, -0.05) is 72.8 Å². The molecular weight excluding hydrogens is 484 g/mol. The lowest BCUT2D eigenvalue weighted by Crippen LogP contribution is -2.38. The van der Waals surface area contributed by atoms with E-state index in [1.165, 1.54) is 11.1 Å². The van der Waals surface area contributed by atoms with Gasteiger partial charge < -0.3 is 14.4 Å². The predicted octanol–water partition coefficient (Wildman–Crippen LogP) is 5.88. The average molecular weight is 523 g/mol. The third-order valence-corrected chi connectivity index (χ3v) is 7.22. The molecule has 0 unspecified atom stereocenters. The molecule has 3 aromatic carbocycles.